The summed E-state index contributed by atoms with van der Waals surface area (Å²) in [7, 11) is -3.91. The highest BCUT2D eigenvalue weighted by molar-refractivity contribution is 7.92. The molecule has 0 aliphatic carbocycles. The van der Waals surface area contributed by atoms with Crippen molar-refractivity contribution in [3.8, 4) is 0 Å². The van der Waals surface area contributed by atoms with Gasteiger partial charge in [0.2, 0.25) is 0 Å². The van der Waals surface area contributed by atoms with E-state index in [4.69, 9.17) is 5.73 Å². The third kappa shape index (κ3) is 3.13. The molecule has 0 spiro atoms. The summed E-state index contributed by atoms with van der Waals surface area (Å²) in [5.74, 6) is -0.700. The summed E-state index contributed by atoms with van der Waals surface area (Å²) >= 11 is 0. The molecule has 7 heteroatoms. The lowest BCUT2D eigenvalue weighted by Gasteiger charge is -2.25. The van der Waals surface area contributed by atoms with Crippen molar-refractivity contribution in [1.82, 2.24) is 4.98 Å². The maximum absolute atomic E-state index is 13.3. The van der Waals surface area contributed by atoms with E-state index in [9.17, 15) is 12.8 Å². The van der Waals surface area contributed by atoms with Gasteiger partial charge in [-0.05, 0) is 24.6 Å². The fourth-order valence-corrected chi connectivity index (χ4v) is 3.51. The molecule has 0 aliphatic heterocycles. The van der Waals surface area contributed by atoms with Crippen LogP contribution in [0.25, 0.3) is 0 Å². The maximum atomic E-state index is 13.3. The highest BCUT2D eigenvalue weighted by atomic mass is 32.2. The molecule has 0 unspecified atom stereocenters. The van der Waals surface area contributed by atoms with Crippen LogP contribution in [0, 0.1) is 5.82 Å². The first kappa shape index (κ1) is 15.2. The van der Waals surface area contributed by atoms with E-state index in [0.29, 0.717) is 17.8 Å². The topological polar surface area (TPSA) is 76.3 Å². The number of anilines is 2. The van der Waals surface area contributed by atoms with E-state index in [2.05, 4.69) is 4.98 Å². The number of benzene rings is 1. The van der Waals surface area contributed by atoms with E-state index in [1.165, 1.54) is 4.31 Å². The summed E-state index contributed by atoms with van der Waals surface area (Å²) in [6.45, 7) is 2.10. The minimum Gasteiger partial charge on any atom is -0.397 e. The number of pyridine rings is 1. The van der Waals surface area contributed by atoms with Crippen molar-refractivity contribution < 1.29 is 12.8 Å². The third-order valence-corrected chi connectivity index (χ3v) is 4.68. The van der Waals surface area contributed by atoms with Crippen LogP contribution in [0.3, 0.4) is 0 Å². The summed E-state index contributed by atoms with van der Waals surface area (Å²) in [6.07, 6.45) is 2.68. The highest BCUT2D eigenvalue weighted by Crippen LogP contribution is 2.28. The van der Waals surface area contributed by atoms with Gasteiger partial charge in [0.05, 0.1) is 17.6 Å². The zero-order chi connectivity index (χ0) is 15.5. The van der Waals surface area contributed by atoms with Gasteiger partial charge >= 0.3 is 0 Å². The molecule has 1 aromatic heterocycles. The van der Waals surface area contributed by atoms with Crippen molar-refractivity contribution in [2.75, 3.05) is 16.6 Å². The molecular weight excluding hydrogens is 293 g/mol. The zero-order valence-corrected chi connectivity index (χ0v) is 12.3. The molecule has 0 fully saturated rings. The molecule has 1 aromatic carbocycles. The molecule has 2 N–H and O–H groups in total. The molecule has 0 radical (unpaired) electrons. The lowest BCUT2D eigenvalue weighted by molar-refractivity contribution is 0.583. The Bertz CT molecular complexity index is 735. The second-order valence-electron chi connectivity index (χ2n) is 4.47. The minimum atomic E-state index is -3.91. The summed E-state index contributed by atoms with van der Waals surface area (Å²) < 4.78 is 39.8. The number of sulfonamides is 1. The fraction of sp³-hybridized carbons (Fsp3) is 0.214. The summed E-state index contributed by atoms with van der Waals surface area (Å²) in [5.41, 5.74) is 6.59. The molecule has 21 heavy (non-hydrogen) atoms. The number of rotatable bonds is 5. The van der Waals surface area contributed by atoms with E-state index < -0.39 is 15.8 Å². The molecule has 0 bridgehead atoms. The van der Waals surface area contributed by atoms with Crippen LogP contribution in [0.1, 0.15) is 13.3 Å². The molecule has 0 atom stereocenters. The van der Waals surface area contributed by atoms with Crippen LogP contribution in [0.4, 0.5) is 15.8 Å². The minimum absolute atomic E-state index is 0.195. The van der Waals surface area contributed by atoms with Crippen LogP contribution in [-0.2, 0) is 10.0 Å². The lowest BCUT2D eigenvalue weighted by Crippen LogP contribution is -2.32. The first-order chi connectivity index (χ1) is 9.96. The Morgan fingerprint density at radius 2 is 2.00 bits per heavy atom. The number of para-hydroxylation sites is 2. The summed E-state index contributed by atoms with van der Waals surface area (Å²) in [5, 5.41) is 0. The van der Waals surface area contributed by atoms with Gasteiger partial charge < -0.3 is 5.73 Å². The van der Waals surface area contributed by atoms with Crippen LogP contribution < -0.4 is 10.0 Å². The number of hydrogen-bond donors (Lipinski definition) is 1. The Kier molecular flexibility index (Phi) is 4.42. The molecule has 0 saturated carbocycles. The zero-order valence-electron chi connectivity index (χ0n) is 11.5. The van der Waals surface area contributed by atoms with Gasteiger partial charge in [0, 0.05) is 12.7 Å². The third-order valence-electron chi connectivity index (χ3n) is 2.90. The fourth-order valence-electron chi connectivity index (χ4n) is 1.95. The van der Waals surface area contributed by atoms with E-state index in [-0.39, 0.29) is 11.4 Å². The van der Waals surface area contributed by atoms with Crippen molar-refractivity contribution in [3.05, 3.63) is 48.5 Å². The second-order valence-corrected chi connectivity index (χ2v) is 6.34. The van der Waals surface area contributed by atoms with Crippen LogP contribution in [0.15, 0.2) is 47.6 Å². The van der Waals surface area contributed by atoms with Crippen molar-refractivity contribution in [3.63, 3.8) is 0 Å². The highest BCUT2D eigenvalue weighted by Gasteiger charge is 2.26. The van der Waals surface area contributed by atoms with E-state index >= 15 is 0 Å². The Morgan fingerprint density at radius 3 is 2.62 bits per heavy atom. The lowest BCUT2D eigenvalue weighted by atomic mass is 10.2. The van der Waals surface area contributed by atoms with Gasteiger partial charge in [0.1, 0.15) is 10.7 Å². The average molecular weight is 309 g/mol. The van der Waals surface area contributed by atoms with Crippen molar-refractivity contribution in [2.45, 2.75) is 18.2 Å². The second kappa shape index (κ2) is 6.09. The van der Waals surface area contributed by atoms with Gasteiger partial charge in [0.15, 0.2) is 0 Å². The molecule has 0 aliphatic rings. The number of nitrogens with two attached hydrogens (primary N) is 1. The summed E-state index contributed by atoms with van der Waals surface area (Å²) in [4.78, 5) is 3.40. The number of halogens is 1. The van der Waals surface area contributed by atoms with Crippen LogP contribution in [-0.4, -0.2) is 19.9 Å². The largest absolute Gasteiger partial charge is 0.397 e. The molecule has 112 valence electrons. The van der Waals surface area contributed by atoms with Crippen molar-refractivity contribution in [2.24, 2.45) is 0 Å². The predicted molar refractivity (Wildman–Crippen MR) is 79.9 cm³/mol. The van der Waals surface area contributed by atoms with Gasteiger partial charge in [-0.15, -0.1) is 0 Å². The molecule has 0 saturated heterocycles. The summed E-state index contributed by atoms with van der Waals surface area (Å²) in [6, 6.07) is 7.61. The standard InChI is InChI=1S/C14H16FN3O2S/c1-2-7-18(14-6-4-3-5-13(14)16)21(19,20)12-8-11(15)9-17-10-12/h3-6,8-10H,2,7,16H2,1H3. The Balaban J connectivity index is 2.54. The number of hydrogen-bond acceptors (Lipinski definition) is 4. The van der Waals surface area contributed by atoms with Gasteiger partial charge in [0.25, 0.3) is 10.0 Å². The van der Waals surface area contributed by atoms with Gasteiger partial charge in [-0.25, -0.2) is 12.8 Å². The van der Waals surface area contributed by atoms with Gasteiger partial charge in [-0.2, -0.15) is 0 Å². The van der Waals surface area contributed by atoms with E-state index in [1.54, 1.807) is 24.3 Å². The van der Waals surface area contributed by atoms with E-state index in [0.717, 1.165) is 18.5 Å². The SMILES string of the molecule is CCCN(c1ccccc1N)S(=O)(=O)c1cncc(F)c1. The monoisotopic (exact) mass is 309 g/mol. The van der Waals surface area contributed by atoms with Gasteiger partial charge in [-0.3, -0.25) is 9.29 Å². The van der Waals surface area contributed by atoms with E-state index in [1.807, 2.05) is 6.92 Å². The molecule has 2 aromatic rings. The average Bonchev–Trinajstić information content (AvgIpc) is 2.45. The molecular formula is C14H16FN3O2S. The molecule has 0 amide bonds. The Labute approximate surface area is 123 Å². The Hall–Kier alpha value is -2.15. The normalized spacial score (nSPS) is 11.3. The first-order valence-corrected chi connectivity index (χ1v) is 7.88. The molecule has 1 heterocycles. The number of aromatic nitrogens is 1. The van der Waals surface area contributed by atoms with Crippen molar-refractivity contribution in [1.29, 1.82) is 0 Å². The first-order valence-electron chi connectivity index (χ1n) is 6.44. The van der Waals surface area contributed by atoms with Crippen LogP contribution >= 0.6 is 0 Å². The molecule has 5 nitrogen and oxygen atoms in total. The number of nitrogen functional groups attached to an aromatic ring is 1. The Morgan fingerprint density at radius 1 is 1.29 bits per heavy atom. The number of nitrogens with zero attached hydrogens (tertiary/aromatic N) is 2. The molecule has 2 rings (SSSR count). The smallest absolute Gasteiger partial charge is 0.266 e. The quantitative estimate of drug-likeness (QED) is 0.861. The van der Waals surface area contributed by atoms with Crippen LogP contribution in [0.2, 0.25) is 0 Å². The predicted octanol–water partition coefficient (Wildman–Crippen LogP) is 2.41. The van der Waals surface area contributed by atoms with Crippen molar-refractivity contribution >= 4 is 21.4 Å². The van der Waals surface area contributed by atoms with Gasteiger partial charge in [-0.1, -0.05) is 19.1 Å². The van der Waals surface area contributed by atoms with Crippen LogP contribution in [0.5, 0.6) is 0 Å². The maximum Gasteiger partial charge on any atom is 0.266 e.